The maximum absolute atomic E-state index is 3.83. The fourth-order valence-corrected chi connectivity index (χ4v) is 5.12. The fourth-order valence-electron chi connectivity index (χ4n) is 1.95. The summed E-state index contributed by atoms with van der Waals surface area (Å²) < 4.78 is 2.07. The number of allylic oxidation sites excluding steroid dienone is 2. The SMILES string of the molecule is C=C[CH2][Zr][CH]1C(C)=Cc2ccccc21. The third-order valence-corrected chi connectivity index (χ3v) is 6.79. The Morgan fingerprint density at radius 2 is 2.21 bits per heavy atom. The van der Waals surface area contributed by atoms with Gasteiger partial charge in [-0.3, -0.25) is 0 Å². The fraction of sp³-hybridized carbons (Fsp3) is 0.231. The van der Waals surface area contributed by atoms with Crippen LogP contribution in [0.25, 0.3) is 6.08 Å². The van der Waals surface area contributed by atoms with E-state index in [1.807, 2.05) is 0 Å². The first kappa shape index (κ1) is 10.1. The van der Waals surface area contributed by atoms with Crippen LogP contribution in [0.1, 0.15) is 21.7 Å². The zero-order chi connectivity index (χ0) is 9.97. The molecule has 1 aliphatic rings. The molecule has 0 heterocycles. The van der Waals surface area contributed by atoms with Crippen molar-refractivity contribution in [1.29, 1.82) is 0 Å². The molecule has 0 amide bonds. The van der Waals surface area contributed by atoms with Crippen LogP contribution in [0.15, 0.2) is 42.5 Å². The molecule has 0 bridgehead atoms. The van der Waals surface area contributed by atoms with E-state index in [1.54, 1.807) is 11.1 Å². The number of benzene rings is 1. The molecule has 1 aromatic carbocycles. The first-order valence-electron chi connectivity index (χ1n) is 4.94. The van der Waals surface area contributed by atoms with E-state index in [9.17, 15) is 0 Å². The van der Waals surface area contributed by atoms with Gasteiger partial charge in [0, 0.05) is 0 Å². The molecule has 1 aliphatic carbocycles. The molecule has 0 saturated heterocycles. The second-order valence-electron chi connectivity index (χ2n) is 3.65. The van der Waals surface area contributed by atoms with Gasteiger partial charge in [-0.1, -0.05) is 0 Å². The Labute approximate surface area is 97.3 Å². The molecule has 0 radical (unpaired) electrons. The van der Waals surface area contributed by atoms with Gasteiger partial charge >= 0.3 is 97.6 Å². The summed E-state index contributed by atoms with van der Waals surface area (Å²) >= 11 is -0.335. The van der Waals surface area contributed by atoms with Crippen LogP contribution in [-0.2, 0) is 23.2 Å². The van der Waals surface area contributed by atoms with Gasteiger partial charge in [0.1, 0.15) is 0 Å². The normalized spacial score (nSPS) is 18.6. The van der Waals surface area contributed by atoms with E-state index in [-0.39, 0.29) is 23.2 Å². The third kappa shape index (κ3) is 1.84. The molecule has 14 heavy (non-hydrogen) atoms. The minimum absolute atomic E-state index is 0.335. The van der Waals surface area contributed by atoms with Crippen molar-refractivity contribution < 1.29 is 23.2 Å². The molecule has 0 nitrogen and oxygen atoms in total. The molecule has 1 unspecified atom stereocenters. The van der Waals surface area contributed by atoms with E-state index in [0.29, 0.717) is 0 Å². The van der Waals surface area contributed by atoms with E-state index in [2.05, 4.69) is 49.9 Å². The van der Waals surface area contributed by atoms with E-state index in [1.165, 1.54) is 9.69 Å². The zero-order valence-corrected chi connectivity index (χ0v) is 10.9. The van der Waals surface area contributed by atoms with Crippen LogP contribution in [0.4, 0.5) is 0 Å². The minimum atomic E-state index is -0.335. The summed E-state index contributed by atoms with van der Waals surface area (Å²) in [7, 11) is 0. The average molecular weight is 261 g/mol. The van der Waals surface area contributed by atoms with Crippen molar-refractivity contribution in [2.24, 2.45) is 0 Å². The van der Waals surface area contributed by atoms with Gasteiger partial charge in [-0.2, -0.15) is 0 Å². The van der Waals surface area contributed by atoms with E-state index in [0.717, 1.165) is 3.63 Å². The van der Waals surface area contributed by atoms with Gasteiger partial charge in [-0.05, 0) is 0 Å². The van der Waals surface area contributed by atoms with Crippen molar-refractivity contribution in [3.05, 3.63) is 53.6 Å². The standard InChI is InChI=1S/C10H9.C3H5.Zr/c1-8-6-9-4-2-3-5-10(9)7-8;1-3-2;/h2-7H,1H3;3H,1-2H2;. The predicted octanol–water partition coefficient (Wildman–Crippen LogP) is 3.83. The molecule has 0 aliphatic heterocycles. The molecule has 0 N–H and O–H groups in total. The zero-order valence-electron chi connectivity index (χ0n) is 8.46. The third-order valence-electron chi connectivity index (χ3n) is 2.61. The van der Waals surface area contributed by atoms with Gasteiger partial charge in [-0.15, -0.1) is 0 Å². The van der Waals surface area contributed by atoms with Crippen molar-refractivity contribution in [3.63, 3.8) is 0 Å². The van der Waals surface area contributed by atoms with E-state index < -0.39 is 0 Å². The van der Waals surface area contributed by atoms with Gasteiger partial charge in [0.2, 0.25) is 0 Å². The van der Waals surface area contributed by atoms with Crippen LogP contribution in [-0.4, -0.2) is 0 Å². The molecule has 0 saturated carbocycles. The van der Waals surface area contributed by atoms with E-state index in [4.69, 9.17) is 0 Å². The Balaban J connectivity index is 2.27. The molecule has 0 aromatic heterocycles. The maximum atomic E-state index is 3.83. The van der Waals surface area contributed by atoms with Crippen LogP contribution in [0, 0.1) is 0 Å². The predicted molar refractivity (Wildman–Crippen MR) is 57.8 cm³/mol. The summed E-state index contributed by atoms with van der Waals surface area (Å²) in [6, 6.07) is 8.80. The topological polar surface area (TPSA) is 0 Å². The van der Waals surface area contributed by atoms with Crippen LogP contribution in [0.2, 0.25) is 4.13 Å². The van der Waals surface area contributed by atoms with E-state index >= 15 is 0 Å². The first-order valence-corrected chi connectivity index (χ1v) is 8.10. The number of rotatable bonds is 3. The second-order valence-corrected chi connectivity index (χ2v) is 7.07. The molecule has 70 valence electrons. The van der Waals surface area contributed by atoms with Gasteiger partial charge < -0.3 is 0 Å². The summed E-state index contributed by atoms with van der Waals surface area (Å²) in [5, 5.41) is 0. The summed E-state index contributed by atoms with van der Waals surface area (Å²) in [6.45, 7) is 6.10. The van der Waals surface area contributed by atoms with Gasteiger partial charge in [0.05, 0.1) is 0 Å². The Kier molecular flexibility index (Phi) is 3.18. The number of fused-ring (bicyclic) bond motifs is 1. The Hall–Kier alpha value is -0.417. The molecule has 1 atom stereocenters. The number of hydrogen-bond donors (Lipinski definition) is 0. The Morgan fingerprint density at radius 3 is 3.00 bits per heavy atom. The van der Waals surface area contributed by atoms with Gasteiger partial charge in [0.25, 0.3) is 0 Å². The van der Waals surface area contributed by atoms with Crippen molar-refractivity contribution in [1.82, 2.24) is 0 Å². The molecule has 1 aromatic rings. The summed E-state index contributed by atoms with van der Waals surface area (Å²) in [5.74, 6) is 0. The van der Waals surface area contributed by atoms with Crippen molar-refractivity contribution in [2.75, 3.05) is 0 Å². The molecular weight excluding hydrogens is 247 g/mol. The quantitative estimate of drug-likeness (QED) is 0.725. The molecule has 0 fully saturated rings. The Morgan fingerprint density at radius 1 is 1.43 bits per heavy atom. The van der Waals surface area contributed by atoms with Crippen molar-refractivity contribution in [3.8, 4) is 0 Å². The average Bonchev–Trinajstić information content (AvgIpc) is 2.51. The number of hydrogen-bond acceptors (Lipinski definition) is 0. The molecule has 1 heteroatoms. The van der Waals surface area contributed by atoms with Crippen LogP contribution in [0.3, 0.4) is 0 Å². The Bertz CT molecular complexity index is 377. The molecular formula is C13H14Zr. The first-order chi connectivity index (χ1) is 6.83. The second kappa shape index (κ2) is 4.40. The van der Waals surface area contributed by atoms with Crippen LogP contribution in [0.5, 0.6) is 0 Å². The van der Waals surface area contributed by atoms with Crippen molar-refractivity contribution in [2.45, 2.75) is 14.7 Å². The molecule has 2 rings (SSSR count). The summed E-state index contributed by atoms with van der Waals surface area (Å²) in [5.41, 5.74) is 4.58. The van der Waals surface area contributed by atoms with Crippen molar-refractivity contribution >= 4 is 6.08 Å². The molecule has 0 spiro atoms. The van der Waals surface area contributed by atoms with Gasteiger partial charge in [0.15, 0.2) is 0 Å². The summed E-state index contributed by atoms with van der Waals surface area (Å²) in [6.07, 6.45) is 4.43. The summed E-state index contributed by atoms with van der Waals surface area (Å²) in [4.78, 5) is 0. The van der Waals surface area contributed by atoms with Crippen LogP contribution >= 0.6 is 0 Å². The van der Waals surface area contributed by atoms with Gasteiger partial charge in [-0.25, -0.2) is 0 Å². The monoisotopic (exact) mass is 260 g/mol. The van der Waals surface area contributed by atoms with Crippen LogP contribution < -0.4 is 0 Å².